The number of aromatic nitrogens is 2. The maximum atomic E-state index is 12.7. The van der Waals surface area contributed by atoms with Crippen LogP contribution in [0, 0.1) is 13.8 Å². The Labute approximate surface area is 164 Å². The number of amides is 1. The molecule has 0 N–H and O–H groups in total. The van der Waals surface area contributed by atoms with E-state index in [4.69, 9.17) is 9.26 Å². The molecular formula is C22H23N3O3. The molecule has 0 radical (unpaired) electrons. The lowest BCUT2D eigenvalue weighted by Crippen LogP contribution is -2.26. The molecule has 1 aromatic heterocycles. The first-order valence-electron chi connectivity index (χ1n) is 9.51. The molecule has 1 aliphatic heterocycles. The number of hydrogen-bond donors (Lipinski definition) is 0. The lowest BCUT2D eigenvalue weighted by Gasteiger charge is -2.21. The maximum Gasteiger partial charge on any atom is 0.232 e. The van der Waals surface area contributed by atoms with Crippen molar-refractivity contribution < 1.29 is 14.1 Å². The Balaban J connectivity index is 1.60. The second-order valence-corrected chi connectivity index (χ2v) is 7.03. The van der Waals surface area contributed by atoms with Crippen LogP contribution in [-0.2, 0) is 4.79 Å². The van der Waals surface area contributed by atoms with Gasteiger partial charge in [0.1, 0.15) is 5.75 Å². The maximum absolute atomic E-state index is 12.7. The topological polar surface area (TPSA) is 68.5 Å². The average Bonchev–Trinajstić information content (AvgIpc) is 3.30. The first-order valence-corrected chi connectivity index (χ1v) is 9.51. The van der Waals surface area contributed by atoms with Gasteiger partial charge in [0.05, 0.1) is 18.1 Å². The van der Waals surface area contributed by atoms with Gasteiger partial charge in [-0.1, -0.05) is 35.5 Å². The van der Waals surface area contributed by atoms with E-state index >= 15 is 0 Å². The summed E-state index contributed by atoms with van der Waals surface area (Å²) in [6.07, 6.45) is 0.364. The molecule has 28 heavy (non-hydrogen) atoms. The number of carbonyl (C=O) groups excluding carboxylic acids is 1. The highest BCUT2D eigenvalue weighted by Crippen LogP contribution is 2.36. The van der Waals surface area contributed by atoms with Crippen molar-refractivity contribution in [3.8, 4) is 17.1 Å². The first-order chi connectivity index (χ1) is 13.6. The lowest BCUT2D eigenvalue weighted by atomic mass is 10.1. The number of aryl methyl sites for hydroxylation is 2. The minimum atomic E-state index is -0.119. The van der Waals surface area contributed by atoms with Crippen molar-refractivity contribution in [3.05, 3.63) is 59.5 Å². The fourth-order valence-corrected chi connectivity index (χ4v) is 3.76. The molecule has 6 heteroatoms. The number of carbonyl (C=O) groups is 1. The molecule has 0 bridgehead atoms. The number of rotatable bonds is 5. The van der Waals surface area contributed by atoms with E-state index in [1.54, 1.807) is 0 Å². The van der Waals surface area contributed by atoms with Crippen LogP contribution in [0.3, 0.4) is 0 Å². The van der Waals surface area contributed by atoms with Gasteiger partial charge in [-0.05, 0) is 44.0 Å². The molecule has 1 aliphatic rings. The summed E-state index contributed by atoms with van der Waals surface area (Å²) >= 11 is 0. The normalized spacial score (nSPS) is 16.6. The van der Waals surface area contributed by atoms with Gasteiger partial charge < -0.3 is 14.2 Å². The van der Waals surface area contributed by atoms with Gasteiger partial charge in [0.2, 0.25) is 17.6 Å². The minimum absolute atomic E-state index is 0.0804. The van der Waals surface area contributed by atoms with Crippen LogP contribution in [0.25, 0.3) is 11.4 Å². The van der Waals surface area contributed by atoms with Crippen LogP contribution in [-0.4, -0.2) is 29.2 Å². The van der Waals surface area contributed by atoms with Crippen LogP contribution in [0.4, 0.5) is 5.69 Å². The van der Waals surface area contributed by atoms with Crippen molar-refractivity contribution in [2.24, 2.45) is 0 Å². The molecule has 1 atom stereocenters. The molecule has 3 aromatic rings. The van der Waals surface area contributed by atoms with Gasteiger partial charge in [0.15, 0.2) is 0 Å². The van der Waals surface area contributed by atoms with E-state index in [-0.39, 0.29) is 11.8 Å². The Morgan fingerprint density at radius 3 is 2.64 bits per heavy atom. The molecule has 1 amide bonds. The van der Waals surface area contributed by atoms with Gasteiger partial charge in [-0.2, -0.15) is 4.98 Å². The largest absolute Gasteiger partial charge is 0.493 e. The van der Waals surface area contributed by atoms with E-state index in [2.05, 4.69) is 10.1 Å². The Morgan fingerprint density at radius 2 is 1.89 bits per heavy atom. The predicted octanol–water partition coefficient (Wildman–Crippen LogP) is 4.27. The lowest BCUT2D eigenvalue weighted by molar-refractivity contribution is -0.117. The second kappa shape index (κ2) is 7.46. The Morgan fingerprint density at radius 1 is 1.14 bits per heavy atom. The summed E-state index contributed by atoms with van der Waals surface area (Å²) in [5, 5.41) is 4.14. The van der Waals surface area contributed by atoms with Crippen molar-refractivity contribution in [1.82, 2.24) is 10.1 Å². The standard InChI is InChI=1S/C22H23N3O3/c1-4-27-18-11-6-5-10-17(18)21-23-22(28-24-21)16-12-19(26)25(13-16)20-14(2)8-7-9-15(20)3/h5-11,16H,4,12-13H2,1-3H3/t16-/m0/s1. The van der Waals surface area contributed by atoms with Crippen LogP contribution in [0.5, 0.6) is 5.75 Å². The van der Waals surface area contributed by atoms with Crippen LogP contribution in [0.15, 0.2) is 47.0 Å². The zero-order chi connectivity index (χ0) is 19.7. The number of benzene rings is 2. The van der Waals surface area contributed by atoms with Gasteiger partial charge in [0.25, 0.3) is 0 Å². The molecule has 4 rings (SSSR count). The van der Waals surface area contributed by atoms with E-state index in [9.17, 15) is 4.79 Å². The summed E-state index contributed by atoms with van der Waals surface area (Å²) in [6, 6.07) is 13.7. The Hall–Kier alpha value is -3.15. The number of nitrogens with zero attached hydrogens (tertiary/aromatic N) is 3. The van der Waals surface area contributed by atoms with E-state index < -0.39 is 0 Å². The first kappa shape index (κ1) is 18.2. The molecule has 0 unspecified atom stereocenters. The Bertz CT molecular complexity index is 992. The Kier molecular flexibility index (Phi) is 4.86. The third-order valence-electron chi connectivity index (χ3n) is 5.05. The molecule has 2 aromatic carbocycles. The molecule has 1 fully saturated rings. The monoisotopic (exact) mass is 377 g/mol. The fourth-order valence-electron chi connectivity index (χ4n) is 3.76. The molecule has 0 spiro atoms. The molecular weight excluding hydrogens is 354 g/mol. The SMILES string of the molecule is CCOc1ccccc1-c1noc([C@H]2CC(=O)N(c3c(C)cccc3C)C2)n1. The highest BCUT2D eigenvalue weighted by Gasteiger charge is 2.36. The van der Waals surface area contributed by atoms with Crippen molar-refractivity contribution in [1.29, 1.82) is 0 Å². The molecule has 144 valence electrons. The van der Waals surface area contributed by atoms with Crippen LogP contribution >= 0.6 is 0 Å². The zero-order valence-electron chi connectivity index (χ0n) is 16.3. The molecule has 0 saturated carbocycles. The van der Waals surface area contributed by atoms with E-state index in [0.717, 1.165) is 28.1 Å². The summed E-state index contributed by atoms with van der Waals surface area (Å²) < 4.78 is 11.2. The van der Waals surface area contributed by atoms with Gasteiger partial charge in [-0.3, -0.25) is 4.79 Å². The minimum Gasteiger partial charge on any atom is -0.493 e. The number of ether oxygens (including phenoxy) is 1. The fraction of sp³-hybridized carbons (Fsp3) is 0.318. The summed E-state index contributed by atoms with van der Waals surface area (Å²) in [7, 11) is 0. The highest BCUT2D eigenvalue weighted by molar-refractivity contribution is 5.97. The van der Waals surface area contributed by atoms with Gasteiger partial charge >= 0.3 is 0 Å². The summed E-state index contributed by atoms with van der Waals surface area (Å²) in [5.41, 5.74) is 3.95. The zero-order valence-corrected chi connectivity index (χ0v) is 16.3. The summed E-state index contributed by atoms with van der Waals surface area (Å²) in [6.45, 7) is 7.09. The number of hydrogen-bond acceptors (Lipinski definition) is 5. The molecule has 1 saturated heterocycles. The quantitative estimate of drug-likeness (QED) is 0.664. The molecule has 0 aliphatic carbocycles. The molecule has 2 heterocycles. The van der Waals surface area contributed by atoms with Crippen molar-refractivity contribution >= 4 is 11.6 Å². The van der Waals surface area contributed by atoms with Crippen LogP contribution < -0.4 is 9.64 Å². The second-order valence-electron chi connectivity index (χ2n) is 7.03. The van der Waals surface area contributed by atoms with Gasteiger partial charge in [-0.15, -0.1) is 0 Å². The third kappa shape index (κ3) is 3.26. The van der Waals surface area contributed by atoms with E-state index in [1.165, 1.54) is 0 Å². The van der Waals surface area contributed by atoms with Crippen molar-refractivity contribution in [3.63, 3.8) is 0 Å². The van der Waals surface area contributed by atoms with Crippen LogP contribution in [0.1, 0.15) is 36.3 Å². The number of para-hydroxylation sites is 2. The average molecular weight is 377 g/mol. The molecule has 6 nitrogen and oxygen atoms in total. The number of anilines is 1. The summed E-state index contributed by atoms with van der Waals surface area (Å²) in [4.78, 5) is 19.1. The van der Waals surface area contributed by atoms with Gasteiger partial charge in [0, 0.05) is 18.7 Å². The van der Waals surface area contributed by atoms with E-state index in [1.807, 2.05) is 68.1 Å². The van der Waals surface area contributed by atoms with Crippen molar-refractivity contribution in [2.75, 3.05) is 18.1 Å². The van der Waals surface area contributed by atoms with E-state index in [0.29, 0.717) is 31.3 Å². The smallest absolute Gasteiger partial charge is 0.232 e. The predicted molar refractivity (Wildman–Crippen MR) is 107 cm³/mol. The van der Waals surface area contributed by atoms with Gasteiger partial charge in [-0.25, -0.2) is 0 Å². The van der Waals surface area contributed by atoms with Crippen molar-refractivity contribution in [2.45, 2.75) is 33.1 Å². The summed E-state index contributed by atoms with van der Waals surface area (Å²) in [5.74, 6) is 1.65. The highest BCUT2D eigenvalue weighted by atomic mass is 16.5. The third-order valence-corrected chi connectivity index (χ3v) is 5.05. The van der Waals surface area contributed by atoms with Crippen LogP contribution in [0.2, 0.25) is 0 Å².